The highest BCUT2D eigenvalue weighted by Crippen LogP contribution is 2.23. The maximum absolute atomic E-state index is 12.3. The summed E-state index contributed by atoms with van der Waals surface area (Å²) in [6.45, 7) is 0.845. The summed E-state index contributed by atoms with van der Waals surface area (Å²) in [5.41, 5.74) is 2.43. The van der Waals surface area contributed by atoms with Gasteiger partial charge < -0.3 is 10.1 Å². The third-order valence-electron chi connectivity index (χ3n) is 3.80. The molecular formula is C21H17Cl2NO2. The number of hydrogen-bond donors (Lipinski definition) is 1. The smallest absolute Gasteiger partial charge is 0.253 e. The molecule has 0 saturated heterocycles. The SMILES string of the molecule is O=C(NCc1ccc(Cl)cc1)c1ccc(OCc2ccccc2)cc1Cl. The first kappa shape index (κ1) is 18.3. The fraction of sp³-hybridized carbons (Fsp3) is 0.0952. The first-order chi connectivity index (χ1) is 12.6. The van der Waals surface area contributed by atoms with Gasteiger partial charge in [-0.15, -0.1) is 0 Å². The summed E-state index contributed by atoms with van der Waals surface area (Å²) in [6.07, 6.45) is 0. The van der Waals surface area contributed by atoms with E-state index >= 15 is 0 Å². The van der Waals surface area contributed by atoms with Crippen molar-refractivity contribution in [1.29, 1.82) is 0 Å². The van der Waals surface area contributed by atoms with Crippen molar-refractivity contribution in [3.8, 4) is 5.75 Å². The van der Waals surface area contributed by atoms with Crippen molar-refractivity contribution in [3.05, 3.63) is 99.5 Å². The number of carbonyl (C=O) groups is 1. The number of benzene rings is 3. The number of nitrogens with one attached hydrogen (secondary N) is 1. The second-order valence-corrected chi connectivity index (χ2v) is 6.57. The maximum atomic E-state index is 12.3. The fourth-order valence-electron chi connectivity index (χ4n) is 2.39. The van der Waals surface area contributed by atoms with Gasteiger partial charge in [-0.05, 0) is 41.5 Å². The molecule has 3 rings (SSSR count). The Labute approximate surface area is 162 Å². The van der Waals surface area contributed by atoms with Gasteiger partial charge in [-0.1, -0.05) is 65.7 Å². The fourth-order valence-corrected chi connectivity index (χ4v) is 2.77. The molecule has 0 atom stereocenters. The minimum Gasteiger partial charge on any atom is -0.489 e. The van der Waals surface area contributed by atoms with E-state index in [2.05, 4.69) is 5.32 Å². The molecule has 0 aliphatic carbocycles. The average Bonchev–Trinajstić information content (AvgIpc) is 2.66. The largest absolute Gasteiger partial charge is 0.489 e. The van der Waals surface area contributed by atoms with Crippen molar-refractivity contribution in [2.24, 2.45) is 0 Å². The summed E-state index contributed by atoms with van der Waals surface area (Å²) >= 11 is 12.1. The lowest BCUT2D eigenvalue weighted by molar-refractivity contribution is 0.0951. The Kier molecular flexibility index (Phi) is 6.16. The van der Waals surface area contributed by atoms with Crippen molar-refractivity contribution < 1.29 is 9.53 Å². The van der Waals surface area contributed by atoms with Crippen molar-refractivity contribution in [2.75, 3.05) is 0 Å². The molecule has 132 valence electrons. The van der Waals surface area contributed by atoms with Crippen LogP contribution in [0.4, 0.5) is 0 Å². The van der Waals surface area contributed by atoms with Gasteiger partial charge in [0.25, 0.3) is 5.91 Å². The second-order valence-electron chi connectivity index (χ2n) is 5.73. The Bertz CT molecular complexity index is 880. The van der Waals surface area contributed by atoms with Crippen LogP contribution in [-0.2, 0) is 13.2 Å². The molecule has 0 heterocycles. The Hall–Kier alpha value is -2.49. The van der Waals surface area contributed by atoms with Gasteiger partial charge in [0.05, 0.1) is 10.6 Å². The van der Waals surface area contributed by atoms with E-state index in [9.17, 15) is 4.79 Å². The van der Waals surface area contributed by atoms with E-state index in [1.165, 1.54) is 0 Å². The number of halogens is 2. The molecule has 0 spiro atoms. The maximum Gasteiger partial charge on any atom is 0.253 e. The lowest BCUT2D eigenvalue weighted by Crippen LogP contribution is -2.23. The third-order valence-corrected chi connectivity index (χ3v) is 4.36. The summed E-state index contributed by atoms with van der Waals surface area (Å²) in [4.78, 5) is 12.3. The lowest BCUT2D eigenvalue weighted by atomic mass is 10.2. The number of rotatable bonds is 6. The lowest BCUT2D eigenvalue weighted by Gasteiger charge is -2.10. The molecule has 0 saturated carbocycles. The zero-order valence-electron chi connectivity index (χ0n) is 13.9. The highest BCUT2D eigenvalue weighted by molar-refractivity contribution is 6.34. The van der Waals surface area contributed by atoms with Crippen LogP contribution in [-0.4, -0.2) is 5.91 Å². The number of amides is 1. The molecule has 3 aromatic carbocycles. The predicted molar refractivity (Wildman–Crippen MR) is 105 cm³/mol. The molecule has 0 aliphatic rings. The summed E-state index contributed by atoms with van der Waals surface area (Å²) in [5, 5.41) is 3.86. The topological polar surface area (TPSA) is 38.3 Å². The van der Waals surface area contributed by atoms with Crippen LogP contribution >= 0.6 is 23.2 Å². The van der Waals surface area contributed by atoms with Gasteiger partial charge in [-0.2, -0.15) is 0 Å². The van der Waals surface area contributed by atoms with Crippen molar-refractivity contribution in [1.82, 2.24) is 5.32 Å². The Morgan fingerprint density at radius 1 is 0.885 bits per heavy atom. The Morgan fingerprint density at radius 2 is 1.62 bits per heavy atom. The molecule has 0 bridgehead atoms. The highest BCUT2D eigenvalue weighted by Gasteiger charge is 2.11. The van der Waals surface area contributed by atoms with Crippen LogP contribution in [0, 0.1) is 0 Å². The minimum absolute atomic E-state index is 0.237. The van der Waals surface area contributed by atoms with Gasteiger partial charge in [0, 0.05) is 11.6 Å². The highest BCUT2D eigenvalue weighted by atomic mass is 35.5. The molecular weight excluding hydrogens is 369 g/mol. The molecule has 0 fully saturated rings. The third kappa shape index (κ3) is 5.01. The van der Waals surface area contributed by atoms with E-state index in [1.54, 1.807) is 30.3 Å². The zero-order chi connectivity index (χ0) is 18.4. The second kappa shape index (κ2) is 8.75. The van der Waals surface area contributed by atoms with E-state index in [-0.39, 0.29) is 5.91 Å². The van der Waals surface area contributed by atoms with Gasteiger partial charge in [0.15, 0.2) is 0 Å². The van der Waals surface area contributed by atoms with Crippen LogP contribution in [0.5, 0.6) is 5.75 Å². The van der Waals surface area contributed by atoms with Crippen LogP contribution in [0.3, 0.4) is 0 Å². The number of ether oxygens (including phenoxy) is 1. The molecule has 0 radical (unpaired) electrons. The summed E-state index contributed by atoms with van der Waals surface area (Å²) < 4.78 is 5.72. The quantitative estimate of drug-likeness (QED) is 0.607. The van der Waals surface area contributed by atoms with Crippen LogP contribution in [0.15, 0.2) is 72.8 Å². The first-order valence-electron chi connectivity index (χ1n) is 8.11. The minimum atomic E-state index is -0.237. The summed E-state index contributed by atoms with van der Waals surface area (Å²) in [5.74, 6) is 0.382. The van der Waals surface area contributed by atoms with E-state index in [4.69, 9.17) is 27.9 Å². The molecule has 0 unspecified atom stereocenters. The number of carbonyl (C=O) groups excluding carboxylic acids is 1. The van der Waals surface area contributed by atoms with Gasteiger partial charge >= 0.3 is 0 Å². The predicted octanol–water partition coefficient (Wildman–Crippen LogP) is 5.50. The molecule has 5 heteroatoms. The number of hydrogen-bond acceptors (Lipinski definition) is 2. The van der Waals surface area contributed by atoms with Crippen LogP contribution in [0.1, 0.15) is 21.5 Å². The molecule has 0 aromatic heterocycles. The average molecular weight is 386 g/mol. The molecule has 1 N–H and O–H groups in total. The van der Waals surface area contributed by atoms with E-state index in [1.807, 2.05) is 42.5 Å². The van der Waals surface area contributed by atoms with Crippen molar-refractivity contribution in [3.63, 3.8) is 0 Å². The Balaban J connectivity index is 1.59. The summed E-state index contributed by atoms with van der Waals surface area (Å²) in [6, 6.07) is 22.2. The van der Waals surface area contributed by atoms with Gasteiger partial charge in [0.2, 0.25) is 0 Å². The van der Waals surface area contributed by atoms with Gasteiger partial charge in [-0.25, -0.2) is 0 Å². The van der Waals surface area contributed by atoms with E-state index < -0.39 is 0 Å². The van der Waals surface area contributed by atoms with Crippen molar-refractivity contribution >= 4 is 29.1 Å². The van der Waals surface area contributed by atoms with Gasteiger partial charge in [-0.3, -0.25) is 4.79 Å². The molecule has 26 heavy (non-hydrogen) atoms. The first-order valence-corrected chi connectivity index (χ1v) is 8.86. The van der Waals surface area contributed by atoms with Crippen LogP contribution in [0.25, 0.3) is 0 Å². The van der Waals surface area contributed by atoms with Gasteiger partial charge in [0.1, 0.15) is 12.4 Å². The molecule has 3 nitrogen and oxygen atoms in total. The van der Waals surface area contributed by atoms with Crippen molar-refractivity contribution in [2.45, 2.75) is 13.2 Å². The molecule has 3 aromatic rings. The zero-order valence-corrected chi connectivity index (χ0v) is 15.4. The van der Waals surface area contributed by atoms with Crippen LogP contribution < -0.4 is 10.1 Å². The monoisotopic (exact) mass is 385 g/mol. The Morgan fingerprint density at radius 3 is 2.31 bits per heavy atom. The summed E-state index contributed by atoms with van der Waals surface area (Å²) in [7, 11) is 0. The molecule has 0 aliphatic heterocycles. The van der Waals surface area contributed by atoms with E-state index in [0.29, 0.717) is 34.5 Å². The normalized spacial score (nSPS) is 10.4. The molecule has 1 amide bonds. The standard InChI is InChI=1S/C21H17Cl2NO2/c22-17-8-6-15(7-9-17)13-24-21(25)19-11-10-18(12-20(19)23)26-14-16-4-2-1-3-5-16/h1-12H,13-14H2,(H,24,25). The van der Waals surface area contributed by atoms with E-state index in [0.717, 1.165) is 11.1 Å². The van der Waals surface area contributed by atoms with Crippen LogP contribution in [0.2, 0.25) is 10.0 Å².